The van der Waals surface area contributed by atoms with Crippen molar-refractivity contribution in [3.63, 3.8) is 0 Å². The van der Waals surface area contributed by atoms with Crippen molar-refractivity contribution in [1.29, 1.82) is 0 Å². The second-order valence-electron chi connectivity index (χ2n) is 3.37. The highest BCUT2D eigenvalue weighted by atomic mass is 16.5. The molecule has 0 spiro atoms. The molecule has 1 aliphatic rings. The van der Waals surface area contributed by atoms with E-state index in [9.17, 15) is 0 Å². The molecule has 1 atom stereocenters. The van der Waals surface area contributed by atoms with Crippen molar-refractivity contribution in [1.82, 2.24) is 0 Å². The SMILES string of the molecule is COC1=N[C@H](C(C)C)C(C)=NC1. The van der Waals surface area contributed by atoms with Crippen molar-refractivity contribution in [2.75, 3.05) is 13.7 Å². The average molecular weight is 168 g/mol. The Morgan fingerprint density at radius 1 is 1.50 bits per heavy atom. The van der Waals surface area contributed by atoms with Crippen molar-refractivity contribution >= 4 is 11.6 Å². The summed E-state index contributed by atoms with van der Waals surface area (Å²) in [5.41, 5.74) is 1.12. The number of methoxy groups -OCH3 is 1. The Labute approximate surface area is 73.6 Å². The molecule has 0 aromatic rings. The number of ether oxygens (including phenoxy) is 1. The van der Waals surface area contributed by atoms with Crippen LogP contribution in [0.3, 0.4) is 0 Å². The fraction of sp³-hybridized carbons (Fsp3) is 0.778. The van der Waals surface area contributed by atoms with Crippen LogP contribution in [0, 0.1) is 5.92 Å². The molecule has 3 nitrogen and oxygen atoms in total. The van der Waals surface area contributed by atoms with Gasteiger partial charge in [-0.25, -0.2) is 4.99 Å². The molecule has 0 saturated carbocycles. The van der Waals surface area contributed by atoms with E-state index in [1.807, 2.05) is 6.92 Å². The summed E-state index contributed by atoms with van der Waals surface area (Å²) in [5.74, 6) is 1.25. The van der Waals surface area contributed by atoms with Gasteiger partial charge in [0, 0.05) is 5.71 Å². The Balaban J connectivity index is 2.75. The average Bonchev–Trinajstić information content (AvgIpc) is 2.05. The molecule has 0 saturated heterocycles. The van der Waals surface area contributed by atoms with Gasteiger partial charge in [-0.05, 0) is 12.8 Å². The normalized spacial score (nSPS) is 23.6. The smallest absolute Gasteiger partial charge is 0.205 e. The van der Waals surface area contributed by atoms with Gasteiger partial charge in [0.05, 0.1) is 13.2 Å². The lowest BCUT2D eigenvalue weighted by atomic mass is 10.00. The summed E-state index contributed by atoms with van der Waals surface area (Å²) in [5, 5.41) is 0. The molecule has 0 unspecified atom stereocenters. The maximum absolute atomic E-state index is 5.06. The Kier molecular flexibility index (Phi) is 2.84. The van der Waals surface area contributed by atoms with E-state index in [0.717, 1.165) is 11.6 Å². The van der Waals surface area contributed by atoms with Crippen molar-refractivity contribution in [3.8, 4) is 0 Å². The van der Waals surface area contributed by atoms with Crippen LogP contribution in [0.2, 0.25) is 0 Å². The van der Waals surface area contributed by atoms with E-state index < -0.39 is 0 Å². The number of hydrogen-bond acceptors (Lipinski definition) is 3. The summed E-state index contributed by atoms with van der Waals surface area (Å²) in [7, 11) is 1.65. The van der Waals surface area contributed by atoms with E-state index in [2.05, 4.69) is 23.8 Å². The first-order chi connectivity index (χ1) is 5.65. The van der Waals surface area contributed by atoms with Crippen LogP contribution in [-0.2, 0) is 4.74 Å². The first-order valence-electron chi connectivity index (χ1n) is 4.26. The van der Waals surface area contributed by atoms with E-state index in [-0.39, 0.29) is 6.04 Å². The van der Waals surface area contributed by atoms with E-state index in [0.29, 0.717) is 12.5 Å². The van der Waals surface area contributed by atoms with E-state index in [1.165, 1.54) is 0 Å². The predicted octanol–water partition coefficient (Wildman–Crippen LogP) is 1.53. The van der Waals surface area contributed by atoms with Crippen molar-refractivity contribution in [2.24, 2.45) is 15.9 Å². The zero-order chi connectivity index (χ0) is 9.14. The van der Waals surface area contributed by atoms with Crippen LogP contribution in [-0.4, -0.2) is 31.3 Å². The number of nitrogens with zero attached hydrogens (tertiary/aromatic N) is 2. The van der Waals surface area contributed by atoms with Gasteiger partial charge < -0.3 is 4.74 Å². The molecule has 1 rings (SSSR count). The molecule has 0 aromatic carbocycles. The lowest BCUT2D eigenvalue weighted by molar-refractivity contribution is 0.386. The molecule has 1 heterocycles. The second-order valence-corrected chi connectivity index (χ2v) is 3.37. The summed E-state index contributed by atoms with van der Waals surface area (Å²) in [6.45, 7) is 6.92. The molecule has 0 fully saturated rings. The maximum atomic E-state index is 5.06. The highest BCUT2D eigenvalue weighted by Crippen LogP contribution is 2.12. The van der Waals surface area contributed by atoms with Gasteiger partial charge in [-0.2, -0.15) is 0 Å². The minimum absolute atomic E-state index is 0.216. The molecular formula is C9H16N2O. The van der Waals surface area contributed by atoms with Gasteiger partial charge in [0.15, 0.2) is 0 Å². The predicted molar refractivity (Wildman–Crippen MR) is 51.0 cm³/mol. The third kappa shape index (κ3) is 1.84. The van der Waals surface area contributed by atoms with Gasteiger partial charge in [-0.1, -0.05) is 13.8 Å². The Hall–Kier alpha value is -0.860. The third-order valence-corrected chi connectivity index (χ3v) is 2.04. The van der Waals surface area contributed by atoms with Crippen LogP contribution in [0.4, 0.5) is 0 Å². The van der Waals surface area contributed by atoms with Crippen molar-refractivity contribution in [3.05, 3.63) is 0 Å². The Morgan fingerprint density at radius 2 is 2.17 bits per heavy atom. The lowest BCUT2D eigenvalue weighted by Gasteiger charge is -2.21. The van der Waals surface area contributed by atoms with Crippen LogP contribution in [0.5, 0.6) is 0 Å². The van der Waals surface area contributed by atoms with Crippen molar-refractivity contribution < 1.29 is 4.74 Å². The molecule has 0 N–H and O–H groups in total. The minimum Gasteiger partial charge on any atom is -0.483 e. The molecular weight excluding hydrogens is 152 g/mol. The maximum Gasteiger partial charge on any atom is 0.205 e. The van der Waals surface area contributed by atoms with Crippen LogP contribution in [0.15, 0.2) is 9.98 Å². The first-order valence-corrected chi connectivity index (χ1v) is 4.26. The van der Waals surface area contributed by atoms with Gasteiger partial charge >= 0.3 is 0 Å². The van der Waals surface area contributed by atoms with Crippen LogP contribution < -0.4 is 0 Å². The van der Waals surface area contributed by atoms with Crippen LogP contribution in [0.25, 0.3) is 0 Å². The fourth-order valence-electron chi connectivity index (χ4n) is 1.32. The van der Waals surface area contributed by atoms with Gasteiger partial charge in [-0.15, -0.1) is 0 Å². The molecule has 0 amide bonds. The van der Waals surface area contributed by atoms with Gasteiger partial charge in [-0.3, -0.25) is 4.99 Å². The van der Waals surface area contributed by atoms with Crippen LogP contribution in [0.1, 0.15) is 20.8 Å². The summed E-state index contributed by atoms with van der Waals surface area (Å²) in [6, 6.07) is 0.216. The number of aliphatic imine (C=N–C) groups is 2. The van der Waals surface area contributed by atoms with Crippen molar-refractivity contribution in [2.45, 2.75) is 26.8 Å². The highest BCUT2D eigenvalue weighted by molar-refractivity contribution is 5.95. The number of rotatable bonds is 1. The zero-order valence-corrected chi connectivity index (χ0v) is 8.16. The summed E-state index contributed by atoms with van der Waals surface area (Å²) < 4.78 is 5.06. The standard InChI is InChI=1S/C9H16N2O/c1-6(2)9-7(3)10-5-8(11-9)12-4/h6,9H,5H2,1-4H3/t9-/m1/s1. The molecule has 0 aromatic heterocycles. The second kappa shape index (κ2) is 3.70. The monoisotopic (exact) mass is 168 g/mol. The minimum atomic E-state index is 0.216. The third-order valence-electron chi connectivity index (χ3n) is 2.04. The van der Waals surface area contributed by atoms with Gasteiger partial charge in [0.1, 0.15) is 6.54 Å². The quantitative estimate of drug-likeness (QED) is 0.584. The Morgan fingerprint density at radius 3 is 2.67 bits per heavy atom. The molecule has 0 radical (unpaired) electrons. The van der Waals surface area contributed by atoms with Crippen LogP contribution >= 0.6 is 0 Å². The zero-order valence-electron chi connectivity index (χ0n) is 8.16. The summed E-state index contributed by atoms with van der Waals surface area (Å²) in [4.78, 5) is 8.79. The van der Waals surface area contributed by atoms with Gasteiger partial charge in [0.25, 0.3) is 0 Å². The highest BCUT2D eigenvalue weighted by Gasteiger charge is 2.20. The first kappa shape index (κ1) is 9.23. The molecule has 68 valence electrons. The van der Waals surface area contributed by atoms with E-state index in [4.69, 9.17) is 4.74 Å². The fourth-order valence-corrected chi connectivity index (χ4v) is 1.32. The lowest BCUT2D eigenvalue weighted by Crippen LogP contribution is -2.29. The molecule has 3 heteroatoms. The Bertz CT molecular complexity index is 219. The number of hydrogen-bond donors (Lipinski definition) is 0. The molecule has 1 aliphatic heterocycles. The van der Waals surface area contributed by atoms with E-state index in [1.54, 1.807) is 7.11 Å². The largest absolute Gasteiger partial charge is 0.483 e. The topological polar surface area (TPSA) is 34.0 Å². The molecule has 0 aliphatic carbocycles. The molecule has 12 heavy (non-hydrogen) atoms. The summed E-state index contributed by atoms with van der Waals surface area (Å²) in [6.07, 6.45) is 0. The van der Waals surface area contributed by atoms with E-state index >= 15 is 0 Å². The summed E-state index contributed by atoms with van der Waals surface area (Å²) >= 11 is 0. The van der Waals surface area contributed by atoms with Gasteiger partial charge in [0.2, 0.25) is 5.90 Å². The molecule has 0 bridgehead atoms.